The van der Waals surface area contributed by atoms with E-state index in [9.17, 15) is 0 Å². The number of imidazole rings is 1. The van der Waals surface area contributed by atoms with Crippen LogP contribution in [0, 0.1) is 5.92 Å². The van der Waals surface area contributed by atoms with Crippen LogP contribution in [0.5, 0.6) is 5.75 Å². The van der Waals surface area contributed by atoms with E-state index in [2.05, 4.69) is 28.4 Å². The summed E-state index contributed by atoms with van der Waals surface area (Å²) in [6.07, 6.45) is 6.40. The lowest BCUT2D eigenvalue weighted by Crippen LogP contribution is -2.41. The second-order valence-electron chi connectivity index (χ2n) is 7.65. The van der Waals surface area contributed by atoms with Gasteiger partial charge in [0.2, 0.25) is 0 Å². The lowest BCUT2D eigenvalue weighted by atomic mass is 9.89. The van der Waals surface area contributed by atoms with E-state index in [1.807, 2.05) is 42.7 Å². The summed E-state index contributed by atoms with van der Waals surface area (Å²) in [5.41, 5.74) is -0.190. The maximum absolute atomic E-state index is 6.41. The molecule has 0 radical (unpaired) electrons. The van der Waals surface area contributed by atoms with E-state index in [4.69, 9.17) is 9.47 Å². The van der Waals surface area contributed by atoms with E-state index in [0.29, 0.717) is 18.6 Å². The summed E-state index contributed by atoms with van der Waals surface area (Å²) in [5.74, 6) is 2.63. The number of aryl methyl sites for hydroxylation is 1. The minimum absolute atomic E-state index is 0.190. The van der Waals surface area contributed by atoms with E-state index in [-0.39, 0.29) is 5.60 Å². The van der Waals surface area contributed by atoms with Gasteiger partial charge in [-0.2, -0.15) is 0 Å². The summed E-state index contributed by atoms with van der Waals surface area (Å²) in [7, 11) is 2.06. The molecule has 0 spiro atoms. The number of nitrogens with zero attached hydrogens (tertiary/aromatic N) is 3. The number of rotatable bonds is 5. The molecule has 1 aromatic heterocycles. The Morgan fingerprint density at radius 1 is 1.32 bits per heavy atom. The lowest BCUT2D eigenvalue weighted by Gasteiger charge is -2.33. The predicted octanol–water partition coefficient (Wildman–Crippen LogP) is 2.87. The highest BCUT2D eigenvalue weighted by atomic mass is 16.6. The molecule has 2 aromatic rings. The average molecular weight is 341 g/mol. The Bertz CT molecular complexity index is 702. The third-order valence-electron chi connectivity index (χ3n) is 5.45. The fraction of sp³-hybridized carbons (Fsp3) is 0.550. The Kier molecular flexibility index (Phi) is 4.52. The predicted molar refractivity (Wildman–Crippen MR) is 96.4 cm³/mol. The van der Waals surface area contributed by atoms with Crippen LogP contribution in [0.25, 0.3) is 0 Å². The number of para-hydroxylation sites is 1. The van der Waals surface area contributed by atoms with Crippen molar-refractivity contribution in [3.05, 3.63) is 48.5 Å². The SMILES string of the molecule is Cn1ccnc1CN1CC[C@@H]2O[C@@](C)(COc3ccccc3)C[C@@H]2C1. The number of ether oxygens (including phenoxy) is 2. The highest BCUT2D eigenvalue weighted by Crippen LogP contribution is 2.39. The van der Waals surface area contributed by atoms with Crippen LogP contribution in [0.3, 0.4) is 0 Å². The number of hydrogen-bond donors (Lipinski definition) is 0. The Labute approximate surface area is 149 Å². The summed E-state index contributed by atoms with van der Waals surface area (Å²) in [6.45, 7) is 5.88. The monoisotopic (exact) mass is 341 g/mol. The highest BCUT2D eigenvalue weighted by molar-refractivity contribution is 5.21. The Morgan fingerprint density at radius 2 is 2.16 bits per heavy atom. The number of piperidine rings is 1. The molecule has 2 aliphatic heterocycles. The van der Waals surface area contributed by atoms with Gasteiger partial charge in [-0.3, -0.25) is 4.90 Å². The quantitative estimate of drug-likeness (QED) is 0.838. The van der Waals surface area contributed by atoms with E-state index in [0.717, 1.165) is 44.0 Å². The van der Waals surface area contributed by atoms with Crippen molar-refractivity contribution >= 4 is 0 Å². The van der Waals surface area contributed by atoms with E-state index < -0.39 is 0 Å². The zero-order chi connectivity index (χ0) is 17.3. The molecule has 0 amide bonds. The second kappa shape index (κ2) is 6.81. The maximum atomic E-state index is 6.41. The first kappa shape index (κ1) is 16.6. The Hall–Kier alpha value is -1.85. The molecule has 5 heteroatoms. The molecule has 2 saturated heterocycles. The molecule has 0 N–H and O–H groups in total. The molecular weight excluding hydrogens is 314 g/mol. The van der Waals surface area contributed by atoms with Crippen LogP contribution >= 0.6 is 0 Å². The average Bonchev–Trinajstić information content (AvgIpc) is 3.17. The van der Waals surface area contributed by atoms with Crippen molar-refractivity contribution in [1.82, 2.24) is 14.5 Å². The first-order valence-electron chi connectivity index (χ1n) is 9.15. The van der Waals surface area contributed by atoms with Gasteiger partial charge >= 0.3 is 0 Å². The molecule has 1 aromatic carbocycles. The summed E-state index contributed by atoms with van der Waals surface area (Å²) in [5, 5.41) is 0. The molecule has 3 atom stereocenters. The molecule has 0 unspecified atom stereocenters. The smallest absolute Gasteiger partial charge is 0.122 e. The van der Waals surface area contributed by atoms with Crippen LogP contribution in [0.15, 0.2) is 42.7 Å². The van der Waals surface area contributed by atoms with Crippen molar-refractivity contribution in [1.29, 1.82) is 0 Å². The van der Waals surface area contributed by atoms with Crippen molar-refractivity contribution in [3.63, 3.8) is 0 Å². The number of fused-ring (bicyclic) bond motifs is 1. The summed E-state index contributed by atoms with van der Waals surface area (Å²) in [6, 6.07) is 10.0. The van der Waals surface area contributed by atoms with Gasteiger partial charge in [0.25, 0.3) is 0 Å². The minimum atomic E-state index is -0.190. The van der Waals surface area contributed by atoms with Crippen molar-refractivity contribution < 1.29 is 9.47 Å². The molecule has 2 fully saturated rings. The molecule has 4 rings (SSSR count). The number of likely N-dealkylation sites (tertiary alicyclic amines) is 1. The van der Waals surface area contributed by atoms with Gasteiger partial charge in [-0.1, -0.05) is 18.2 Å². The minimum Gasteiger partial charge on any atom is -0.491 e. The second-order valence-corrected chi connectivity index (χ2v) is 7.65. The largest absolute Gasteiger partial charge is 0.491 e. The van der Waals surface area contributed by atoms with Crippen LogP contribution in [0.4, 0.5) is 0 Å². The first-order chi connectivity index (χ1) is 12.1. The maximum Gasteiger partial charge on any atom is 0.122 e. The van der Waals surface area contributed by atoms with Crippen LogP contribution in [-0.2, 0) is 18.3 Å². The van der Waals surface area contributed by atoms with Gasteiger partial charge in [0.1, 0.15) is 23.8 Å². The third-order valence-corrected chi connectivity index (χ3v) is 5.45. The molecule has 0 bridgehead atoms. The standard InChI is InChI=1S/C20H27N3O2/c1-20(15-24-17-6-4-3-5-7-17)12-16-13-23(10-8-18(16)25-20)14-19-21-9-11-22(19)2/h3-7,9,11,16,18H,8,10,12-15H2,1-2H3/t16-,18+,20-/m1/s1. The molecule has 5 nitrogen and oxygen atoms in total. The van der Waals surface area contributed by atoms with Crippen molar-refractivity contribution in [3.8, 4) is 5.75 Å². The molecule has 0 saturated carbocycles. The molecule has 134 valence electrons. The number of benzene rings is 1. The fourth-order valence-electron chi connectivity index (χ4n) is 4.14. The fourth-order valence-corrected chi connectivity index (χ4v) is 4.14. The third kappa shape index (κ3) is 3.72. The van der Waals surface area contributed by atoms with Crippen molar-refractivity contribution in [2.75, 3.05) is 19.7 Å². The zero-order valence-corrected chi connectivity index (χ0v) is 15.1. The van der Waals surface area contributed by atoms with Gasteiger partial charge in [-0.15, -0.1) is 0 Å². The van der Waals surface area contributed by atoms with E-state index in [1.54, 1.807) is 0 Å². The molecule has 3 heterocycles. The normalized spacial score (nSPS) is 29.5. The van der Waals surface area contributed by atoms with Gasteiger partial charge in [-0.25, -0.2) is 4.98 Å². The van der Waals surface area contributed by atoms with Crippen LogP contribution in [0.1, 0.15) is 25.6 Å². The summed E-state index contributed by atoms with van der Waals surface area (Å²) >= 11 is 0. The van der Waals surface area contributed by atoms with Gasteiger partial charge in [0.05, 0.1) is 12.6 Å². The highest BCUT2D eigenvalue weighted by Gasteiger charge is 2.46. The first-order valence-corrected chi connectivity index (χ1v) is 9.15. The Balaban J connectivity index is 1.34. The molecule has 25 heavy (non-hydrogen) atoms. The van der Waals surface area contributed by atoms with Crippen molar-refractivity contribution in [2.24, 2.45) is 13.0 Å². The Morgan fingerprint density at radius 3 is 2.92 bits per heavy atom. The van der Waals surface area contributed by atoms with Gasteiger partial charge in [-0.05, 0) is 31.9 Å². The summed E-state index contributed by atoms with van der Waals surface area (Å²) in [4.78, 5) is 6.97. The van der Waals surface area contributed by atoms with Crippen LogP contribution < -0.4 is 4.74 Å². The lowest BCUT2D eigenvalue weighted by molar-refractivity contribution is -0.0699. The van der Waals surface area contributed by atoms with Crippen molar-refractivity contribution in [2.45, 2.75) is 38.0 Å². The van der Waals surface area contributed by atoms with Gasteiger partial charge in [0.15, 0.2) is 0 Å². The molecule has 2 aliphatic rings. The van der Waals surface area contributed by atoms with Gasteiger partial charge < -0.3 is 14.0 Å². The van der Waals surface area contributed by atoms with Gasteiger partial charge in [0, 0.05) is 38.4 Å². The molecule has 0 aliphatic carbocycles. The topological polar surface area (TPSA) is 39.5 Å². The molecular formula is C20H27N3O2. The summed E-state index contributed by atoms with van der Waals surface area (Å²) < 4.78 is 14.5. The van der Waals surface area contributed by atoms with Crippen LogP contribution in [-0.4, -0.2) is 45.9 Å². The number of hydrogen-bond acceptors (Lipinski definition) is 4. The van der Waals surface area contributed by atoms with E-state index >= 15 is 0 Å². The number of aromatic nitrogens is 2. The van der Waals surface area contributed by atoms with E-state index in [1.165, 1.54) is 0 Å². The zero-order valence-electron chi connectivity index (χ0n) is 15.1. The van der Waals surface area contributed by atoms with Crippen LogP contribution in [0.2, 0.25) is 0 Å².